The van der Waals surface area contributed by atoms with Crippen molar-refractivity contribution in [1.82, 2.24) is 5.32 Å². The molecule has 1 N–H and O–H groups in total. The van der Waals surface area contributed by atoms with E-state index >= 15 is 0 Å². The number of carbonyl (C=O) groups excluding carboxylic acids is 2. The topological polar surface area (TPSA) is 55.4 Å². The monoisotopic (exact) mass is 489 g/mol. The van der Waals surface area contributed by atoms with E-state index in [1.807, 2.05) is 60.8 Å². The molecule has 1 aliphatic heterocycles. The Bertz CT molecular complexity index is 1280. The van der Waals surface area contributed by atoms with Crippen LogP contribution in [0.1, 0.15) is 47.6 Å². The molecule has 2 aliphatic rings. The second kappa shape index (κ2) is 9.61. The van der Waals surface area contributed by atoms with Gasteiger partial charge in [-0.25, -0.2) is 4.79 Å². The Balaban J connectivity index is 1.51. The second-order valence-corrected chi connectivity index (χ2v) is 10.1. The van der Waals surface area contributed by atoms with E-state index in [1.54, 1.807) is 23.5 Å². The van der Waals surface area contributed by atoms with Gasteiger partial charge in [0.05, 0.1) is 5.57 Å². The molecule has 0 bridgehead atoms. The number of hydrogen-bond donors (Lipinski definition) is 1. The molecule has 5 rings (SSSR count). The van der Waals surface area contributed by atoms with Crippen molar-refractivity contribution in [3.63, 3.8) is 0 Å². The summed E-state index contributed by atoms with van der Waals surface area (Å²) in [5.74, 6) is -0.709. The normalized spacial score (nSPS) is 20.1. The summed E-state index contributed by atoms with van der Waals surface area (Å²) in [5, 5.41) is 6.04. The van der Waals surface area contributed by atoms with Crippen LogP contribution in [-0.4, -0.2) is 11.8 Å². The summed E-state index contributed by atoms with van der Waals surface area (Å²) in [6.45, 7) is 2.05. The van der Waals surface area contributed by atoms with Crippen LogP contribution in [0.2, 0.25) is 5.02 Å². The van der Waals surface area contributed by atoms with E-state index in [1.165, 1.54) is 4.88 Å². The zero-order valence-electron chi connectivity index (χ0n) is 18.7. The Morgan fingerprint density at radius 1 is 1.06 bits per heavy atom. The molecule has 0 saturated heterocycles. The van der Waals surface area contributed by atoms with Crippen molar-refractivity contribution in [1.29, 1.82) is 0 Å². The number of ketones is 1. The SMILES string of the molecule is CC1=C(C(=O)OCc2ccccc2)[C@@H](c2ccc(Cl)cc2)C2=C(C[C@@H](c3cccs3)CC2=O)N1. The fraction of sp³-hybridized carbons (Fsp3) is 0.214. The van der Waals surface area contributed by atoms with Gasteiger partial charge in [-0.3, -0.25) is 4.79 Å². The van der Waals surface area contributed by atoms with Gasteiger partial charge in [-0.2, -0.15) is 0 Å². The third-order valence-corrected chi connectivity index (χ3v) is 7.70. The summed E-state index contributed by atoms with van der Waals surface area (Å²) < 4.78 is 5.71. The van der Waals surface area contributed by atoms with Gasteiger partial charge in [-0.15, -0.1) is 11.3 Å². The number of ether oxygens (including phenoxy) is 1. The average molecular weight is 490 g/mol. The zero-order valence-corrected chi connectivity index (χ0v) is 20.3. The number of hydrogen-bond acceptors (Lipinski definition) is 5. The van der Waals surface area contributed by atoms with E-state index in [0.717, 1.165) is 28.9 Å². The molecule has 3 aromatic rings. The second-order valence-electron chi connectivity index (χ2n) is 8.65. The highest BCUT2D eigenvalue weighted by atomic mass is 35.5. The maximum absolute atomic E-state index is 13.5. The predicted molar refractivity (Wildman–Crippen MR) is 135 cm³/mol. The molecule has 2 atom stereocenters. The van der Waals surface area contributed by atoms with Crippen LogP contribution in [0.25, 0.3) is 0 Å². The molecule has 2 heterocycles. The van der Waals surface area contributed by atoms with E-state index in [0.29, 0.717) is 22.6 Å². The average Bonchev–Trinajstić information content (AvgIpc) is 3.38. The van der Waals surface area contributed by atoms with Crippen molar-refractivity contribution in [3.05, 3.63) is 116 Å². The third kappa shape index (κ3) is 4.46. The van der Waals surface area contributed by atoms with Gasteiger partial charge in [-0.05, 0) is 48.1 Å². The molecule has 0 fully saturated rings. The van der Waals surface area contributed by atoms with Gasteiger partial charge >= 0.3 is 5.97 Å². The fourth-order valence-electron chi connectivity index (χ4n) is 4.82. The van der Waals surface area contributed by atoms with Gasteiger partial charge in [0, 0.05) is 45.1 Å². The van der Waals surface area contributed by atoms with Gasteiger partial charge in [0.2, 0.25) is 0 Å². The van der Waals surface area contributed by atoms with E-state index in [-0.39, 0.29) is 18.3 Å². The molecule has 1 aromatic heterocycles. The van der Waals surface area contributed by atoms with Crippen LogP contribution in [0.5, 0.6) is 0 Å². The molecule has 0 saturated carbocycles. The molecule has 34 heavy (non-hydrogen) atoms. The van der Waals surface area contributed by atoms with Crippen LogP contribution in [0.3, 0.4) is 0 Å². The minimum atomic E-state index is -0.492. The smallest absolute Gasteiger partial charge is 0.337 e. The molecule has 1 aliphatic carbocycles. The Morgan fingerprint density at radius 2 is 1.82 bits per heavy atom. The first-order chi connectivity index (χ1) is 16.5. The van der Waals surface area contributed by atoms with Gasteiger partial charge in [0.25, 0.3) is 0 Å². The zero-order chi connectivity index (χ0) is 23.7. The lowest BCUT2D eigenvalue weighted by atomic mass is 9.72. The van der Waals surface area contributed by atoms with Crippen LogP contribution in [0.15, 0.2) is 94.7 Å². The number of dihydropyridines is 1. The lowest BCUT2D eigenvalue weighted by Gasteiger charge is -2.36. The number of benzene rings is 2. The van der Waals surface area contributed by atoms with Gasteiger partial charge < -0.3 is 10.1 Å². The van der Waals surface area contributed by atoms with Crippen molar-refractivity contribution < 1.29 is 14.3 Å². The van der Waals surface area contributed by atoms with Gasteiger partial charge in [-0.1, -0.05) is 60.1 Å². The lowest BCUT2D eigenvalue weighted by molar-refractivity contribution is -0.140. The molecule has 172 valence electrons. The highest BCUT2D eigenvalue weighted by Crippen LogP contribution is 2.46. The first kappa shape index (κ1) is 22.6. The van der Waals surface area contributed by atoms with E-state index < -0.39 is 11.9 Å². The van der Waals surface area contributed by atoms with Crippen LogP contribution < -0.4 is 5.32 Å². The first-order valence-corrected chi connectivity index (χ1v) is 12.5. The number of Topliss-reactive ketones (excluding diaryl/α,β-unsaturated/α-hetero) is 1. The van der Waals surface area contributed by atoms with Gasteiger partial charge in [0.15, 0.2) is 5.78 Å². The summed E-state index contributed by atoms with van der Waals surface area (Å²) in [5.41, 5.74) is 4.51. The standard InChI is InChI=1S/C28H24ClNO3S/c1-17-25(28(32)33-16-18-6-3-2-4-7-18)26(19-9-11-21(29)12-10-19)27-22(30-17)14-20(15-23(27)31)24-8-5-13-34-24/h2-13,20,26,30H,14-16H2,1H3/t20-,26-/m1/s1. The number of carbonyl (C=O) groups is 2. The Hall–Kier alpha value is -3.15. The van der Waals surface area contributed by atoms with Gasteiger partial charge in [0.1, 0.15) is 6.61 Å². The van der Waals surface area contributed by atoms with Crippen molar-refractivity contribution in [2.75, 3.05) is 0 Å². The number of nitrogens with one attached hydrogen (secondary N) is 1. The van der Waals surface area contributed by atoms with Crippen LogP contribution in [-0.2, 0) is 20.9 Å². The highest BCUT2D eigenvalue weighted by molar-refractivity contribution is 7.10. The minimum Gasteiger partial charge on any atom is -0.457 e. The Kier molecular flexibility index (Phi) is 6.40. The van der Waals surface area contributed by atoms with Crippen molar-refractivity contribution in [3.8, 4) is 0 Å². The largest absolute Gasteiger partial charge is 0.457 e. The number of rotatable bonds is 5. The fourth-order valence-corrected chi connectivity index (χ4v) is 5.78. The molecule has 0 amide bonds. The summed E-state index contributed by atoms with van der Waals surface area (Å²) in [4.78, 5) is 28.1. The molecule has 2 aromatic carbocycles. The van der Waals surface area contributed by atoms with Crippen LogP contribution >= 0.6 is 22.9 Å². The summed E-state index contributed by atoms with van der Waals surface area (Å²) in [7, 11) is 0. The number of allylic oxidation sites excluding steroid dienone is 3. The van der Waals surface area contributed by atoms with Crippen LogP contribution in [0.4, 0.5) is 0 Å². The summed E-state index contributed by atoms with van der Waals surface area (Å²) in [6.07, 6.45) is 1.16. The molecule has 0 unspecified atom stereocenters. The van der Waals surface area contributed by atoms with E-state index in [2.05, 4.69) is 11.4 Å². The first-order valence-electron chi connectivity index (χ1n) is 11.2. The highest BCUT2D eigenvalue weighted by Gasteiger charge is 2.41. The third-order valence-electron chi connectivity index (χ3n) is 6.41. The Morgan fingerprint density at radius 3 is 2.53 bits per heavy atom. The molecular formula is C28H24ClNO3S. The Labute approximate surface area is 207 Å². The summed E-state index contributed by atoms with van der Waals surface area (Å²) in [6, 6.07) is 21.0. The minimum absolute atomic E-state index is 0.0629. The molecule has 0 radical (unpaired) electrons. The molecular weight excluding hydrogens is 466 g/mol. The van der Waals surface area contributed by atoms with E-state index in [4.69, 9.17) is 16.3 Å². The molecule has 4 nitrogen and oxygen atoms in total. The predicted octanol–water partition coefficient (Wildman–Crippen LogP) is 6.51. The summed E-state index contributed by atoms with van der Waals surface area (Å²) >= 11 is 7.82. The van der Waals surface area contributed by atoms with E-state index in [9.17, 15) is 9.59 Å². The maximum atomic E-state index is 13.5. The quantitative estimate of drug-likeness (QED) is 0.415. The number of esters is 1. The number of thiophene rings is 1. The van der Waals surface area contributed by atoms with Crippen molar-refractivity contribution in [2.24, 2.45) is 0 Å². The van der Waals surface area contributed by atoms with Crippen LogP contribution in [0, 0.1) is 0 Å². The lowest BCUT2D eigenvalue weighted by Crippen LogP contribution is -2.36. The maximum Gasteiger partial charge on any atom is 0.337 e. The molecule has 6 heteroatoms. The van der Waals surface area contributed by atoms with Crippen molar-refractivity contribution in [2.45, 2.75) is 38.2 Å². The van der Waals surface area contributed by atoms with Crippen molar-refractivity contribution >= 4 is 34.7 Å². The number of halogens is 1. The molecule has 0 spiro atoms.